The number of carbonyl (C=O) groups excluding carboxylic acids is 1. The molecular weight excluding hydrogens is 204 g/mol. The number of nitrogens with zero attached hydrogens (tertiary/aromatic N) is 2. The highest BCUT2D eigenvalue weighted by Gasteiger charge is 2.19. The van der Waals surface area contributed by atoms with Crippen LogP contribution in [0.4, 0.5) is 4.79 Å². The van der Waals surface area contributed by atoms with Crippen molar-refractivity contribution in [3.63, 3.8) is 0 Å². The minimum absolute atomic E-state index is 0.00750. The van der Waals surface area contributed by atoms with Gasteiger partial charge in [0.15, 0.2) is 0 Å². The summed E-state index contributed by atoms with van der Waals surface area (Å²) in [7, 11) is 1.80. The van der Waals surface area contributed by atoms with E-state index in [4.69, 9.17) is 0 Å². The molecule has 0 radical (unpaired) electrons. The quantitative estimate of drug-likeness (QED) is 0.814. The highest BCUT2D eigenvalue weighted by atomic mass is 16.2. The van der Waals surface area contributed by atoms with Crippen LogP contribution in [0.15, 0.2) is 12.4 Å². The Labute approximate surface area is 95.2 Å². The number of urea groups is 1. The Balaban J connectivity index is 1.79. The number of hydrogen-bond acceptors (Lipinski definition) is 2. The third kappa shape index (κ3) is 2.74. The van der Waals surface area contributed by atoms with Crippen LogP contribution in [0.1, 0.15) is 31.2 Å². The van der Waals surface area contributed by atoms with Gasteiger partial charge < -0.3 is 10.2 Å². The van der Waals surface area contributed by atoms with Crippen LogP contribution >= 0.6 is 0 Å². The molecule has 5 heteroatoms. The van der Waals surface area contributed by atoms with Crippen LogP contribution < -0.4 is 5.32 Å². The number of H-pyrrole nitrogens is 1. The summed E-state index contributed by atoms with van der Waals surface area (Å²) >= 11 is 0. The number of aromatic nitrogens is 2. The summed E-state index contributed by atoms with van der Waals surface area (Å²) < 4.78 is 0. The maximum Gasteiger partial charge on any atom is 0.317 e. The van der Waals surface area contributed by atoms with Crippen molar-refractivity contribution in [2.24, 2.45) is 0 Å². The Bertz CT molecular complexity index is 330. The molecule has 1 fully saturated rings. The van der Waals surface area contributed by atoms with Crippen molar-refractivity contribution in [2.75, 3.05) is 7.05 Å². The summed E-state index contributed by atoms with van der Waals surface area (Å²) in [6, 6.07) is 0.382. The summed E-state index contributed by atoms with van der Waals surface area (Å²) in [6.07, 6.45) is 8.24. The average molecular weight is 222 g/mol. The normalized spacial score (nSPS) is 16.3. The van der Waals surface area contributed by atoms with Crippen molar-refractivity contribution >= 4 is 6.03 Å². The molecule has 1 aromatic heterocycles. The van der Waals surface area contributed by atoms with Crippen molar-refractivity contribution in [2.45, 2.75) is 38.3 Å². The zero-order chi connectivity index (χ0) is 11.4. The number of aromatic amines is 1. The Morgan fingerprint density at radius 2 is 2.38 bits per heavy atom. The van der Waals surface area contributed by atoms with Crippen molar-refractivity contribution < 1.29 is 4.79 Å². The van der Waals surface area contributed by atoms with Crippen LogP contribution in [0.5, 0.6) is 0 Å². The molecule has 0 aliphatic heterocycles. The van der Waals surface area contributed by atoms with Crippen molar-refractivity contribution in [1.29, 1.82) is 0 Å². The molecule has 5 nitrogen and oxygen atoms in total. The molecule has 0 spiro atoms. The van der Waals surface area contributed by atoms with Crippen molar-refractivity contribution in [3.05, 3.63) is 18.0 Å². The van der Waals surface area contributed by atoms with Gasteiger partial charge in [0.25, 0.3) is 0 Å². The fourth-order valence-electron chi connectivity index (χ4n) is 2.06. The number of hydrogen-bond donors (Lipinski definition) is 2. The van der Waals surface area contributed by atoms with Crippen LogP contribution in [-0.4, -0.2) is 34.2 Å². The second-order valence-electron chi connectivity index (χ2n) is 4.39. The summed E-state index contributed by atoms with van der Waals surface area (Å²) in [5.41, 5.74) is 1.02. The molecule has 0 unspecified atom stereocenters. The molecule has 1 aliphatic carbocycles. The molecular formula is C11H18N4O. The second-order valence-corrected chi connectivity index (χ2v) is 4.39. The van der Waals surface area contributed by atoms with Gasteiger partial charge in [0.05, 0.1) is 12.7 Å². The molecule has 0 saturated heterocycles. The van der Waals surface area contributed by atoms with Gasteiger partial charge >= 0.3 is 6.03 Å². The fraction of sp³-hybridized carbons (Fsp3) is 0.636. The van der Waals surface area contributed by atoms with E-state index in [2.05, 4.69) is 15.5 Å². The first-order chi connectivity index (χ1) is 7.75. The molecule has 2 rings (SSSR count). The lowest BCUT2D eigenvalue weighted by atomic mass is 10.2. The van der Waals surface area contributed by atoms with Crippen LogP contribution in [0.3, 0.4) is 0 Å². The van der Waals surface area contributed by atoms with Gasteiger partial charge in [-0.25, -0.2) is 4.79 Å². The van der Waals surface area contributed by atoms with E-state index in [0.29, 0.717) is 12.6 Å². The van der Waals surface area contributed by atoms with Crippen LogP contribution in [0, 0.1) is 0 Å². The van der Waals surface area contributed by atoms with E-state index in [1.807, 2.05) is 0 Å². The first kappa shape index (κ1) is 11.0. The third-order valence-corrected chi connectivity index (χ3v) is 3.00. The van der Waals surface area contributed by atoms with Gasteiger partial charge in [0.1, 0.15) is 0 Å². The third-order valence-electron chi connectivity index (χ3n) is 3.00. The number of amides is 2. The van der Waals surface area contributed by atoms with Gasteiger partial charge in [-0.05, 0) is 12.8 Å². The molecule has 1 aliphatic rings. The molecule has 1 heterocycles. The summed E-state index contributed by atoms with van der Waals surface area (Å²) in [4.78, 5) is 13.5. The van der Waals surface area contributed by atoms with E-state index in [-0.39, 0.29) is 6.03 Å². The molecule has 0 bridgehead atoms. The monoisotopic (exact) mass is 222 g/mol. The van der Waals surface area contributed by atoms with Crippen LogP contribution in [0.2, 0.25) is 0 Å². The number of rotatable bonds is 3. The van der Waals surface area contributed by atoms with Gasteiger partial charge in [-0.15, -0.1) is 0 Å². The van der Waals surface area contributed by atoms with Gasteiger partial charge in [0.2, 0.25) is 0 Å². The molecule has 0 aromatic carbocycles. The van der Waals surface area contributed by atoms with E-state index in [0.717, 1.165) is 18.4 Å². The predicted octanol–water partition coefficient (Wildman–Crippen LogP) is 1.49. The maximum atomic E-state index is 11.8. The first-order valence-corrected chi connectivity index (χ1v) is 5.75. The summed E-state index contributed by atoms with van der Waals surface area (Å²) in [5.74, 6) is 0. The minimum atomic E-state index is 0.00750. The SMILES string of the molecule is CN(Cc1cn[nH]c1)C(=O)NC1CCCC1. The Morgan fingerprint density at radius 3 is 3.00 bits per heavy atom. The highest BCUT2D eigenvalue weighted by Crippen LogP contribution is 2.17. The smallest absolute Gasteiger partial charge is 0.317 e. The lowest BCUT2D eigenvalue weighted by molar-refractivity contribution is 0.203. The molecule has 0 atom stereocenters. The highest BCUT2D eigenvalue weighted by molar-refractivity contribution is 5.74. The average Bonchev–Trinajstić information content (AvgIpc) is 2.90. The topological polar surface area (TPSA) is 61.0 Å². The largest absolute Gasteiger partial charge is 0.335 e. The molecule has 1 saturated carbocycles. The lowest BCUT2D eigenvalue weighted by Crippen LogP contribution is -2.41. The molecule has 16 heavy (non-hydrogen) atoms. The first-order valence-electron chi connectivity index (χ1n) is 5.75. The fourth-order valence-corrected chi connectivity index (χ4v) is 2.06. The van der Waals surface area contributed by atoms with E-state index < -0.39 is 0 Å². The Kier molecular flexibility index (Phi) is 3.44. The van der Waals surface area contributed by atoms with Crippen molar-refractivity contribution in [3.8, 4) is 0 Å². The zero-order valence-corrected chi connectivity index (χ0v) is 9.57. The van der Waals surface area contributed by atoms with Crippen LogP contribution in [0.25, 0.3) is 0 Å². The Morgan fingerprint density at radius 1 is 1.62 bits per heavy atom. The summed E-state index contributed by atoms with van der Waals surface area (Å²) in [6.45, 7) is 0.592. The van der Waals surface area contributed by atoms with Crippen molar-refractivity contribution in [1.82, 2.24) is 20.4 Å². The van der Waals surface area contributed by atoms with Crippen LogP contribution in [-0.2, 0) is 6.54 Å². The van der Waals surface area contributed by atoms with E-state index in [9.17, 15) is 4.79 Å². The van der Waals surface area contributed by atoms with E-state index in [1.165, 1.54) is 12.8 Å². The van der Waals surface area contributed by atoms with E-state index in [1.54, 1.807) is 24.3 Å². The lowest BCUT2D eigenvalue weighted by Gasteiger charge is -2.20. The standard InChI is InChI=1S/C11H18N4O/c1-15(8-9-6-12-13-7-9)11(16)14-10-4-2-3-5-10/h6-7,10H,2-5,8H2,1H3,(H,12,13)(H,14,16). The summed E-state index contributed by atoms with van der Waals surface area (Å²) in [5, 5.41) is 9.64. The maximum absolute atomic E-state index is 11.8. The van der Waals surface area contributed by atoms with E-state index >= 15 is 0 Å². The van der Waals surface area contributed by atoms with Gasteiger partial charge in [-0.3, -0.25) is 5.10 Å². The van der Waals surface area contributed by atoms with Gasteiger partial charge in [-0.1, -0.05) is 12.8 Å². The predicted molar refractivity (Wildman–Crippen MR) is 60.8 cm³/mol. The number of carbonyl (C=O) groups is 1. The number of nitrogens with one attached hydrogen (secondary N) is 2. The molecule has 2 N–H and O–H groups in total. The molecule has 1 aromatic rings. The minimum Gasteiger partial charge on any atom is -0.335 e. The van der Waals surface area contributed by atoms with Gasteiger partial charge in [-0.2, -0.15) is 5.10 Å². The molecule has 2 amide bonds. The second kappa shape index (κ2) is 5.01. The Hall–Kier alpha value is -1.52. The van der Waals surface area contributed by atoms with Gasteiger partial charge in [0, 0.05) is 24.8 Å². The molecule has 88 valence electrons. The zero-order valence-electron chi connectivity index (χ0n) is 9.57.